The Morgan fingerprint density at radius 3 is 2.66 bits per heavy atom. The normalized spacial score (nSPS) is 17.4. The lowest BCUT2D eigenvalue weighted by Gasteiger charge is -2.22. The fourth-order valence-electron chi connectivity index (χ4n) is 4.60. The van der Waals surface area contributed by atoms with E-state index in [-0.39, 0.29) is 23.9 Å². The first-order chi connectivity index (χ1) is 17.1. The van der Waals surface area contributed by atoms with Gasteiger partial charge in [0.2, 0.25) is 0 Å². The number of nitrogens with zero attached hydrogens (tertiary/aromatic N) is 3. The number of carbonyl (C=O) groups is 1. The highest BCUT2D eigenvalue weighted by molar-refractivity contribution is 5.99. The molecular weight excluding hydrogens is 438 g/mol. The second kappa shape index (κ2) is 10.1. The summed E-state index contributed by atoms with van der Waals surface area (Å²) < 4.78 is 7.99. The van der Waals surface area contributed by atoms with Crippen LogP contribution in [0.25, 0.3) is 22.3 Å². The van der Waals surface area contributed by atoms with Gasteiger partial charge in [-0.1, -0.05) is 48.5 Å². The first-order valence-electron chi connectivity index (χ1n) is 11.9. The third kappa shape index (κ3) is 5.25. The van der Waals surface area contributed by atoms with Crippen molar-refractivity contribution < 1.29 is 9.53 Å². The van der Waals surface area contributed by atoms with E-state index in [9.17, 15) is 4.79 Å². The van der Waals surface area contributed by atoms with Crippen molar-refractivity contribution in [3.63, 3.8) is 0 Å². The molecule has 0 radical (unpaired) electrons. The Morgan fingerprint density at radius 2 is 1.86 bits per heavy atom. The summed E-state index contributed by atoms with van der Waals surface area (Å²) in [6.07, 6.45) is 8.01. The molecule has 1 aliphatic carbocycles. The van der Waals surface area contributed by atoms with Gasteiger partial charge in [-0.25, -0.2) is 4.98 Å². The quantitative estimate of drug-likeness (QED) is 0.414. The van der Waals surface area contributed by atoms with Crippen molar-refractivity contribution in [2.24, 2.45) is 7.05 Å². The number of aryl methyl sites for hydroxylation is 1. The Balaban J connectivity index is 1.24. The van der Waals surface area contributed by atoms with Crippen LogP contribution < -0.4 is 11.1 Å². The van der Waals surface area contributed by atoms with Crippen LogP contribution in [0, 0.1) is 0 Å². The molecule has 2 atom stereocenters. The van der Waals surface area contributed by atoms with Crippen LogP contribution in [-0.2, 0) is 18.4 Å². The number of benzene rings is 2. The van der Waals surface area contributed by atoms with Crippen LogP contribution in [0.4, 0.5) is 5.82 Å². The summed E-state index contributed by atoms with van der Waals surface area (Å²) in [4.78, 5) is 17.4. The van der Waals surface area contributed by atoms with E-state index in [0.717, 1.165) is 36.0 Å². The zero-order valence-corrected chi connectivity index (χ0v) is 19.7. The number of aromatic nitrogens is 3. The van der Waals surface area contributed by atoms with E-state index in [2.05, 4.69) is 51.8 Å². The zero-order chi connectivity index (χ0) is 24.2. The minimum atomic E-state index is -0.229. The molecule has 0 unspecified atom stereocenters. The average Bonchev–Trinajstić information content (AvgIpc) is 3.52. The van der Waals surface area contributed by atoms with Crippen molar-refractivity contribution >= 4 is 11.7 Å². The summed E-state index contributed by atoms with van der Waals surface area (Å²) in [5.41, 5.74) is 11.6. The van der Waals surface area contributed by atoms with Crippen LogP contribution in [0.3, 0.4) is 0 Å². The fourth-order valence-corrected chi connectivity index (χ4v) is 4.60. The molecule has 7 nitrogen and oxygen atoms in total. The summed E-state index contributed by atoms with van der Waals surface area (Å²) in [7, 11) is 1.85. The van der Waals surface area contributed by atoms with E-state index in [1.807, 2.05) is 31.4 Å². The first-order valence-corrected chi connectivity index (χ1v) is 11.9. The van der Waals surface area contributed by atoms with Crippen LogP contribution in [0.2, 0.25) is 0 Å². The Bertz CT molecular complexity index is 1320. The number of ether oxygens (including phenoxy) is 1. The summed E-state index contributed by atoms with van der Waals surface area (Å²) in [6.45, 7) is 0.498. The highest BCUT2D eigenvalue weighted by Crippen LogP contribution is 2.26. The van der Waals surface area contributed by atoms with Crippen molar-refractivity contribution in [2.75, 3.05) is 5.73 Å². The van der Waals surface area contributed by atoms with E-state index in [1.165, 1.54) is 11.1 Å². The molecule has 178 valence electrons. The smallest absolute Gasteiger partial charge is 0.255 e. The molecule has 0 spiro atoms. The minimum Gasteiger partial charge on any atom is -0.383 e. The van der Waals surface area contributed by atoms with Crippen molar-refractivity contribution in [1.82, 2.24) is 20.1 Å². The van der Waals surface area contributed by atoms with Crippen LogP contribution in [0.5, 0.6) is 0 Å². The number of anilines is 1. The maximum Gasteiger partial charge on any atom is 0.255 e. The van der Waals surface area contributed by atoms with Gasteiger partial charge in [-0.2, -0.15) is 5.10 Å². The van der Waals surface area contributed by atoms with Gasteiger partial charge >= 0.3 is 0 Å². The molecule has 1 fully saturated rings. The number of amides is 1. The lowest BCUT2D eigenvalue weighted by atomic mass is 10.0. The number of carbonyl (C=O) groups excluding carboxylic acids is 1. The summed E-state index contributed by atoms with van der Waals surface area (Å²) >= 11 is 0. The molecule has 5 rings (SSSR count). The summed E-state index contributed by atoms with van der Waals surface area (Å²) in [6, 6.07) is 20.4. The fraction of sp³-hybridized carbons (Fsp3) is 0.250. The molecule has 0 saturated heterocycles. The maximum atomic E-state index is 13.1. The van der Waals surface area contributed by atoms with Crippen LogP contribution in [-0.4, -0.2) is 32.8 Å². The van der Waals surface area contributed by atoms with Crippen molar-refractivity contribution in [3.8, 4) is 22.3 Å². The molecule has 1 aliphatic rings. The number of pyridine rings is 1. The molecule has 2 heterocycles. The van der Waals surface area contributed by atoms with Crippen LogP contribution in [0.15, 0.2) is 79.3 Å². The van der Waals surface area contributed by atoms with Crippen molar-refractivity contribution in [3.05, 3.63) is 90.4 Å². The highest BCUT2D eigenvalue weighted by atomic mass is 16.5. The third-order valence-corrected chi connectivity index (χ3v) is 6.47. The molecule has 2 aromatic heterocycles. The monoisotopic (exact) mass is 467 g/mol. The van der Waals surface area contributed by atoms with Gasteiger partial charge in [0.15, 0.2) is 0 Å². The van der Waals surface area contributed by atoms with E-state index in [0.29, 0.717) is 12.2 Å². The van der Waals surface area contributed by atoms with Crippen LogP contribution >= 0.6 is 0 Å². The second-order valence-electron chi connectivity index (χ2n) is 8.99. The SMILES string of the molecule is Cn1cc(-c2cnc(N)c(C(=O)N[C@H]3CCC[C@@H]3OCc3cccc(-c4ccccc4)c3)c2)cn1. The Kier molecular flexibility index (Phi) is 6.59. The largest absolute Gasteiger partial charge is 0.383 e. The molecule has 0 aliphatic heterocycles. The van der Waals surface area contributed by atoms with Gasteiger partial charge in [-0.05, 0) is 48.1 Å². The topological polar surface area (TPSA) is 95.1 Å². The molecule has 0 bridgehead atoms. The standard InChI is InChI=1S/C28H29N5O2/c1-33-17-23(16-31-33)22-14-24(27(29)30-15-22)28(34)32-25-11-6-12-26(25)35-18-19-7-5-10-21(13-19)20-8-3-2-4-9-20/h2-5,7-10,13-17,25-26H,6,11-12,18H2,1H3,(H2,29,30)(H,32,34)/t25-,26-/m0/s1. The zero-order valence-electron chi connectivity index (χ0n) is 19.7. The van der Waals surface area contributed by atoms with E-state index < -0.39 is 0 Å². The lowest BCUT2D eigenvalue weighted by Crippen LogP contribution is -2.41. The predicted molar refractivity (Wildman–Crippen MR) is 136 cm³/mol. The number of nitrogens with one attached hydrogen (secondary N) is 1. The van der Waals surface area contributed by atoms with Gasteiger partial charge < -0.3 is 15.8 Å². The Hall–Kier alpha value is -3.97. The molecule has 4 aromatic rings. The lowest BCUT2D eigenvalue weighted by molar-refractivity contribution is 0.0272. The van der Waals surface area contributed by atoms with Gasteiger partial charge in [-0.3, -0.25) is 9.48 Å². The van der Waals surface area contributed by atoms with E-state index in [4.69, 9.17) is 10.5 Å². The molecule has 1 saturated carbocycles. The highest BCUT2D eigenvalue weighted by Gasteiger charge is 2.30. The number of hydrogen-bond donors (Lipinski definition) is 2. The number of nitrogens with two attached hydrogens (primary N) is 1. The molecule has 1 amide bonds. The number of rotatable bonds is 7. The molecule has 7 heteroatoms. The van der Waals surface area contributed by atoms with Gasteiger partial charge in [0.05, 0.1) is 30.5 Å². The Labute approximate surface area is 205 Å². The number of hydrogen-bond acceptors (Lipinski definition) is 5. The first kappa shape index (κ1) is 22.8. The third-order valence-electron chi connectivity index (χ3n) is 6.47. The van der Waals surface area contributed by atoms with Crippen LogP contribution in [0.1, 0.15) is 35.2 Å². The van der Waals surface area contributed by atoms with Gasteiger partial charge in [0.25, 0.3) is 5.91 Å². The van der Waals surface area contributed by atoms with Gasteiger partial charge in [0.1, 0.15) is 5.82 Å². The van der Waals surface area contributed by atoms with E-state index >= 15 is 0 Å². The maximum absolute atomic E-state index is 13.1. The molecule has 3 N–H and O–H groups in total. The summed E-state index contributed by atoms with van der Waals surface area (Å²) in [5.74, 6) is -0.0179. The van der Waals surface area contributed by atoms with Gasteiger partial charge in [-0.15, -0.1) is 0 Å². The molecule has 35 heavy (non-hydrogen) atoms. The van der Waals surface area contributed by atoms with Crippen molar-refractivity contribution in [1.29, 1.82) is 0 Å². The average molecular weight is 468 g/mol. The van der Waals surface area contributed by atoms with E-state index in [1.54, 1.807) is 23.1 Å². The van der Waals surface area contributed by atoms with Gasteiger partial charge in [0, 0.05) is 30.6 Å². The number of nitrogen functional groups attached to an aromatic ring is 1. The minimum absolute atomic E-state index is 0.0463. The molecule has 2 aromatic carbocycles. The molecular formula is C28H29N5O2. The Morgan fingerprint density at radius 1 is 1.03 bits per heavy atom. The van der Waals surface area contributed by atoms with Crippen molar-refractivity contribution in [2.45, 2.75) is 38.0 Å². The summed E-state index contributed by atoms with van der Waals surface area (Å²) in [5, 5.41) is 7.33. The second-order valence-corrected chi connectivity index (χ2v) is 8.99. The predicted octanol–water partition coefficient (Wildman–Crippen LogP) is 4.60.